The standard InChI is InChI=1S/C25H20N4O2S/c1-31-23-14-8-7-13-21(23)29-22(18-9-3-2-4-10-18)16-27-25(29)32-17-24(30)28-20-12-6-5-11-19(20)15-26/h2-14,16H,17H2,1H3,(H,28,30). The van der Waals surface area contributed by atoms with E-state index in [1.54, 1.807) is 37.6 Å². The van der Waals surface area contributed by atoms with Crippen molar-refractivity contribution in [3.05, 3.63) is 90.6 Å². The molecule has 0 unspecified atom stereocenters. The third-order valence-electron chi connectivity index (χ3n) is 4.78. The molecule has 3 aromatic carbocycles. The number of thioether (sulfide) groups is 1. The summed E-state index contributed by atoms with van der Waals surface area (Å²) in [6.07, 6.45) is 1.80. The monoisotopic (exact) mass is 440 g/mol. The van der Waals surface area contributed by atoms with Gasteiger partial charge in [0.1, 0.15) is 11.8 Å². The molecule has 1 amide bonds. The van der Waals surface area contributed by atoms with Crippen molar-refractivity contribution in [3.63, 3.8) is 0 Å². The predicted octanol–water partition coefficient (Wildman–Crippen LogP) is 5.15. The second-order valence-corrected chi connectivity index (χ2v) is 7.74. The lowest BCUT2D eigenvalue weighted by atomic mass is 10.1. The molecular formula is C25H20N4O2S. The average molecular weight is 441 g/mol. The Kier molecular flexibility index (Phi) is 6.54. The summed E-state index contributed by atoms with van der Waals surface area (Å²) >= 11 is 1.32. The highest BCUT2D eigenvalue weighted by atomic mass is 32.2. The van der Waals surface area contributed by atoms with E-state index in [9.17, 15) is 10.1 Å². The van der Waals surface area contributed by atoms with E-state index in [0.29, 0.717) is 22.2 Å². The number of hydrogen-bond donors (Lipinski definition) is 1. The van der Waals surface area contributed by atoms with Crippen molar-refractivity contribution >= 4 is 23.4 Å². The lowest BCUT2D eigenvalue weighted by Crippen LogP contribution is -2.15. The molecule has 0 aliphatic carbocycles. The molecule has 0 bridgehead atoms. The Labute approximate surface area is 190 Å². The highest BCUT2D eigenvalue weighted by molar-refractivity contribution is 7.99. The van der Waals surface area contributed by atoms with Crippen molar-refractivity contribution in [2.45, 2.75) is 5.16 Å². The summed E-state index contributed by atoms with van der Waals surface area (Å²) in [4.78, 5) is 17.2. The number of carbonyl (C=O) groups is 1. The van der Waals surface area contributed by atoms with Crippen LogP contribution in [0.15, 0.2) is 90.2 Å². The molecule has 4 rings (SSSR count). The van der Waals surface area contributed by atoms with Gasteiger partial charge in [0, 0.05) is 5.56 Å². The number of benzene rings is 3. The Morgan fingerprint density at radius 1 is 1.06 bits per heavy atom. The van der Waals surface area contributed by atoms with Gasteiger partial charge in [-0.3, -0.25) is 9.36 Å². The number of amides is 1. The van der Waals surface area contributed by atoms with Crippen LogP contribution >= 0.6 is 11.8 Å². The predicted molar refractivity (Wildman–Crippen MR) is 126 cm³/mol. The summed E-state index contributed by atoms with van der Waals surface area (Å²) in [7, 11) is 1.63. The fraction of sp³-hybridized carbons (Fsp3) is 0.0800. The second kappa shape index (κ2) is 9.86. The molecule has 1 heterocycles. The third-order valence-corrected chi connectivity index (χ3v) is 5.73. The SMILES string of the molecule is COc1ccccc1-n1c(-c2ccccc2)cnc1SCC(=O)Nc1ccccc1C#N. The third kappa shape index (κ3) is 4.51. The number of para-hydroxylation sites is 3. The number of nitrogens with zero attached hydrogens (tertiary/aromatic N) is 3. The number of hydrogen-bond acceptors (Lipinski definition) is 5. The Morgan fingerprint density at radius 2 is 1.78 bits per heavy atom. The summed E-state index contributed by atoms with van der Waals surface area (Å²) in [6.45, 7) is 0. The van der Waals surface area contributed by atoms with Crippen molar-refractivity contribution < 1.29 is 9.53 Å². The maximum atomic E-state index is 12.6. The molecule has 6 nitrogen and oxygen atoms in total. The minimum atomic E-state index is -0.214. The van der Waals surface area contributed by atoms with Crippen LogP contribution in [0.1, 0.15) is 5.56 Å². The van der Waals surface area contributed by atoms with Crippen molar-refractivity contribution in [1.82, 2.24) is 9.55 Å². The van der Waals surface area contributed by atoms with Gasteiger partial charge >= 0.3 is 0 Å². The second-order valence-electron chi connectivity index (χ2n) is 6.79. The molecule has 4 aromatic rings. The highest BCUT2D eigenvalue weighted by Crippen LogP contribution is 2.33. The van der Waals surface area contributed by atoms with Crippen molar-refractivity contribution in [2.75, 3.05) is 18.2 Å². The van der Waals surface area contributed by atoms with Crippen LogP contribution in [0.25, 0.3) is 16.9 Å². The van der Waals surface area contributed by atoms with Crippen LogP contribution in [0.5, 0.6) is 5.75 Å². The first-order chi connectivity index (χ1) is 15.7. The van der Waals surface area contributed by atoms with Gasteiger partial charge in [-0.05, 0) is 24.3 Å². The van der Waals surface area contributed by atoms with Gasteiger partial charge in [0.15, 0.2) is 5.16 Å². The van der Waals surface area contributed by atoms with Crippen molar-refractivity contribution in [1.29, 1.82) is 5.26 Å². The molecule has 0 saturated heterocycles. The first-order valence-corrected chi connectivity index (χ1v) is 10.9. The number of ether oxygens (including phenoxy) is 1. The van der Waals surface area contributed by atoms with E-state index in [2.05, 4.69) is 16.4 Å². The summed E-state index contributed by atoms with van der Waals surface area (Å²) in [5.74, 6) is 0.630. The quantitative estimate of drug-likeness (QED) is 0.402. The molecule has 7 heteroatoms. The van der Waals surface area contributed by atoms with E-state index >= 15 is 0 Å². The molecule has 0 atom stereocenters. The Morgan fingerprint density at radius 3 is 2.56 bits per heavy atom. The van der Waals surface area contributed by atoms with E-state index in [1.165, 1.54) is 11.8 Å². The summed E-state index contributed by atoms with van der Waals surface area (Å²) in [5, 5.41) is 12.7. The summed E-state index contributed by atoms with van der Waals surface area (Å²) in [5.41, 5.74) is 3.66. The zero-order chi connectivity index (χ0) is 22.3. The first kappa shape index (κ1) is 21.2. The van der Waals surface area contributed by atoms with Crippen LogP contribution in [0, 0.1) is 11.3 Å². The van der Waals surface area contributed by atoms with Gasteiger partial charge in [0.25, 0.3) is 0 Å². The van der Waals surface area contributed by atoms with Crippen LogP contribution in [-0.2, 0) is 4.79 Å². The van der Waals surface area contributed by atoms with E-state index in [0.717, 1.165) is 16.9 Å². The highest BCUT2D eigenvalue weighted by Gasteiger charge is 2.18. The van der Waals surface area contributed by atoms with Gasteiger partial charge in [-0.25, -0.2) is 4.98 Å². The molecule has 0 aliphatic heterocycles. The Balaban J connectivity index is 1.64. The maximum Gasteiger partial charge on any atom is 0.234 e. The van der Waals surface area contributed by atoms with E-state index in [1.807, 2.05) is 59.2 Å². The van der Waals surface area contributed by atoms with E-state index in [4.69, 9.17) is 4.74 Å². The number of anilines is 1. The van der Waals surface area contributed by atoms with E-state index in [-0.39, 0.29) is 11.7 Å². The van der Waals surface area contributed by atoms with E-state index < -0.39 is 0 Å². The lowest BCUT2D eigenvalue weighted by Gasteiger charge is -2.15. The van der Waals surface area contributed by atoms with Gasteiger partial charge in [-0.1, -0.05) is 66.4 Å². The molecule has 0 fully saturated rings. The van der Waals surface area contributed by atoms with Gasteiger partial charge in [0.05, 0.1) is 41.7 Å². The number of carbonyl (C=O) groups excluding carboxylic acids is 1. The molecule has 0 radical (unpaired) electrons. The van der Waals surface area contributed by atoms with Crippen LogP contribution in [0.4, 0.5) is 5.69 Å². The zero-order valence-corrected chi connectivity index (χ0v) is 18.2. The lowest BCUT2D eigenvalue weighted by molar-refractivity contribution is -0.113. The van der Waals surface area contributed by atoms with Gasteiger partial charge < -0.3 is 10.1 Å². The van der Waals surface area contributed by atoms with Crippen LogP contribution < -0.4 is 10.1 Å². The molecule has 0 spiro atoms. The van der Waals surface area contributed by atoms with Crippen LogP contribution in [-0.4, -0.2) is 28.3 Å². The minimum Gasteiger partial charge on any atom is -0.495 e. The number of methoxy groups -OCH3 is 1. The van der Waals surface area contributed by atoms with Crippen LogP contribution in [0.2, 0.25) is 0 Å². The van der Waals surface area contributed by atoms with Crippen molar-refractivity contribution in [3.8, 4) is 28.8 Å². The number of rotatable bonds is 7. The normalized spacial score (nSPS) is 10.4. The maximum absolute atomic E-state index is 12.6. The van der Waals surface area contributed by atoms with Crippen LogP contribution in [0.3, 0.4) is 0 Å². The fourth-order valence-corrected chi connectivity index (χ4v) is 4.09. The molecule has 1 N–H and O–H groups in total. The molecule has 158 valence electrons. The minimum absolute atomic E-state index is 0.139. The van der Waals surface area contributed by atoms with Gasteiger partial charge in [-0.2, -0.15) is 5.26 Å². The first-order valence-electron chi connectivity index (χ1n) is 9.89. The molecule has 32 heavy (non-hydrogen) atoms. The topological polar surface area (TPSA) is 79.9 Å². The molecule has 1 aromatic heterocycles. The fourth-order valence-electron chi connectivity index (χ4n) is 3.30. The van der Waals surface area contributed by atoms with Gasteiger partial charge in [-0.15, -0.1) is 0 Å². The molecule has 0 aliphatic rings. The van der Waals surface area contributed by atoms with Gasteiger partial charge in [0.2, 0.25) is 5.91 Å². The Hall–Kier alpha value is -4.02. The number of imidazole rings is 1. The Bertz CT molecular complexity index is 1280. The smallest absolute Gasteiger partial charge is 0.234 e. The molecule has 0 saturated carbocycles. The number of nitriles is 1. The van der Waals surface area contributed by atoms with Crippen molar-refractivity contribution in [2.24, 2.45) is 0 Å². The summed E-state index contributed by atoms with van der Waals surface area (Å²) in [6, 6.07) is 26.7. The number of nitrogens with one attached hydrogen (secondary N) is 1. The number of aromatic nitrogens is 2. The average Bonchev–Trinajstić information content (AvgIpc) is 3.27. The zero-order valence-electron chi connectivity index (χ0n) is 17.4. The largest absolute Gasteiger partial charge is 0.495 e. The molecular weight excluding hydrogens is 420 g/mol. The summed E-state index contributed by atoms with van der Waals surface area (Å²) < 4.78 is 7.57.